The molecule has 4 unspecified atom stereocenters. The number of carbonyl (C=O) groups is 3. The number of rotatable bonds is 6. The van der Waals surface area contributed by atoms with E-state index in [0.717, 1.165) is 21.9 Å². The Bertz CT molecular complexity index is 1590. The first-order chi connectivity index (χ1) is 19.4. The number of nitrogens with one attached hydrogen (secondary N) is 1. The lowest BCUT2D eigenvalue weighted by Gasteiger charge is -2.43. The molecule has 3 fully saturated rings. The number of H-pyrrole nitrogens is 1. The monoisotopic (exact) mass is 596 g/mol. The average molecular weight is 597 g/mol. The molecule has 11 heteroatoms. The molecule has 40 heavy (non-hydrogen) atoms. The maximum Gasteiger partial charge on any atom is 0.344 e. The summed E-state index contributed by atoms with van der Waals surface area (Å²) in [5.41, 5.74) is 1.51. The predicted molar refractivity (Wildman–Crippen MR) is 151 cm³/mol. The van der Waals surface area contributed by atoms with Gasteiger partial charge in [-0.1, -0.05) is 35.1 Å². The number of thioether (sulfide) groups is 1. The van der Waals surface area contributed by atoms with Crippen molar-refractivity contribution in [2.24, 2.45) is 29.6 Å². The first kappa shape index (κ1) is 25.9. The van der Waals surface area contributed by atoms with Crippen molar-refractivity contribution in [3.8, 4) is 5.75 Å². The Labute approximate surface area is 243 Å². The summed E-state index contributed by atoms with van der Waals surface area (Å²) in [7, 11) is 0. The summed E-state index contributed by atoms with van der Waals surface area (Å²) in [6.45, 7) is 1.83. The molecule has 0 spiro atoms. The van der Waals surface area contributed by atoms with Crippen LogP contribution in [0, 0.1) is 29.6 Å². The van der Waals surface area contributed by atoms with Gasteiger partial charge in [-0.05, 0) is 73.1 Å². The Kier molecular flexibility index (Phi) is 6.32. The third kappa shape index (κ3) is 3.94. The van der Waals surface area contributed by atoms with Crippen molar-refractivity contribution < 1.29 is 23.9 Å². The lowest BCUT2D eigenvalue weighted by Crippen LogP contribution is -2.42. The lowest BCUT2D eigenvalue weighted by atomic mass is 9.68. The second-order valence-electron chi connectivity index (χ2n) is 10.6. The van der Waals surface area contributed by atoms with E-state index >= 15 is 0 Å². The molecule has 2 aliphatic heterocycles. The van der Waals surface area contributed by atoms with E-state index in [9.17, 15) is 19.2 Å². The van der Waals surface area contributed by atoms with E-state index in [1.54, 1.807) is 49.0 Å². The van der Waals surface area contributed by atoms with Gasteiger partial charge in [0.25, 0.3) is 0 Å². The van der Waals surface area contributed by atoms with Crippen molar-refractivity contribution >= 4 is 58.2 Å². The Morgan fingerprint density at radius 1 is 1.07 bits per heavy atom. The van der Waals surface area contributed by atoms with Crippen LogP contribution in [0.1, 0.15) is 29.7 Å². The summed E-state index contributed by atoms with van der Waals surface area (Å²) < 4.78 is 10.7. The average Bonchev–Trinajstić information content (AvgIpc) is 3.67. The number of anilines is 1. The summed E-state index contributed by atoms with van der Waals surface area (Å²) in [5, 5.41) is 1.47. The minimum absolute atomic E-state index is 0.000656. The standard InChI is InChI=1S/C29H25ClN2O6S2/c1-2-37-19(33)12-38-16-5-3-4-13(10-16)20-21-17-11-18(24(21)39-26-25(20)40-29(36)31-26)23-22(17)27(34)32(28(23)35)15-8-6-14(30)7-9-15/h3-10,17-18,20-24H,2,11-12H2,1H3,(H,31,36)/t17-,18-,20-,21?,22?,23?,24?/m1/s1. The van der Waals surface area contributed by atoms with Crippen molar-refractivity contribution in [2.75, 3.05) is 18.1 Å². The molecule has 3 heterocycles. The number of hydrogen-bond donors (Lipinski definition) is 1. The normalized spacial score (nSPS) is 29.8. The van der Waals surface area contributed by atoms with Crippen LogP contribution in [0.2, 0.25) is 5.02 Å². The van der Waals surface area contributed by atoms with Crippen LogP contribution in [0.15, 0.2) is 58.4 Å². The number of thiazole rings is 1. The predicted octanol–water partition coefficient (Wildman–Crippen LogP) is 4.71. The molecule has 4 aliphatic rings. The highest BCUT2D eigenvalue weighted by molar-refractivity contribution is 8.00. The zero-order valence-electron chi connectivity index (χ0n) is 21.4. The second kappa shape index (κ2) is 9.78. The number of carbonyl (C=O) groups excluding carboxylic acids is 3. The van der Waals surface area contributed by atoms with E-state index in [4.69, 9.17) is 21.1 Å². The number of benzene rings is 2. The fraction of sp³-hybridized carbons (Fsp3) is 0.379. The molecule has 1 aromatic heterocycles. The highest BCUT2D eigenvalue weighted by Gasteiger charge is 2.69. The van der Waals surface area contributed by atoms with Gasteiger partial charge in [-0.25, -0.2) is 4.79 Å². The van der Waals surface area contributed by atoms with Gasteiger partial charge >= 0.3 is 10.8 Å². The van der Waals surface area contributed by atoms with Gasteiger partial charge in [0.15, 0.2) is 6.61 Å². The molecular formula is C29H25ClN2O6S2. The maximum absolute atomic E-state index is 13.8. The Morgan fingerprint density at radius 3 is 2.58 bits per heavy atom. The summed E-state index contributed by atoms with van der Waals surface area (Å²) in [6, 6.07) is 14.4. The largest absolute Gasteiger partial charge is 0.482 e. The molecule has 2 amide bonds. The van der Waals surface area contributed by atoms with Gasteiger partial charge in [0.1, 0.15) is 5.75 Å². The van der Waals surface area contributed by atoms with Gasteiger partial charge in [-0.15, -0.1) is 11.8 Å². The fourth-order valence-corrected chi connectivity index (χ4v) is 10.4. The van der Waals surface area contributed by atoms with Crippen molar-refractivity contribution in [1.29, 1.82) is 0 Å². The number of hydrogen-bond acceptors (Lipinski definition) is 8. The maximum atomic E-state index is 13.8. The molecule has 8 nitrogen and oxygen atoms in total. The van der Waals surface area contributed by atoms with E-state index in [1.165, 1.54) is 16.2 Å². The van der Waals surface area contributed by atoms with Crippen molar-refractivity contribution in [3.63, 3.8) is 0 Å². The minimum atomic E-state index is -0.443. The molecule has 206 valence electrons. The van der Waals surface area contributed by atoms with Crippen LogP contribution in [0.3, 0.4) is 0 Å². The van der Waals surface area contributed by atoms with Crippen LogP contribution in [0.5, 0.6) is 5.75 Å². The van der Waals surface area contributed by atoms with E-state index < -0.39 is 11.9 Å². The molecule has 1 saturated heterocycles. The second-order valence-corrected chi connectivity index (χ2v) is 13.3. The fourth-order valence-electron chi connectivity index (χ4n) is 7.38. The summed E-state index contributed by atoms with van der Waals surface area (Å²) in [6.07, 6.45) is 0.804. The first-order valence-electron chi connectivity index (χ1n) is 13.3. The zero-order valence-corrected chi connectivity index (χ0v) is 23.8. The highest BCUT2D eigenvalue weighted by atomic mass is 35.5. The highest BCUT2D eigenvalue weighted by Crippen LogP contribution is 2.68. The number of esters is 1. The topological polar surface area (TPSA) is 106 Å². The number of fused-ring (bicyclic) bond motifs is 9. The van der Waals surface area contributed by atoms with Crippen molar-refractivity contribution in [3.05, 3.63) is 73.7 Å². The molecule has 0 radical (unpaired) electrons. The number of amides is 2. The zero-order chi connectivity index (χ0) is 27.7. The SMILES string of the molecule is CCOC(=O)COc1cccc([C@H]2c3sc(=O)[nH]c3SC3C2[C@H]2C[C@@H]3C3C(=O)N(c4ccc(Cl)cc4)C(=O)C32)c1. The number of imide groups is 1. The van der Waals surface area contributed by atoms with Gasteiger partial charge in [-0.2, -0.15) is 0 Å². The van der Waals surface area contributed by atoms with Crippen LogP contribution in [0.4, 0.5) is 5.69 Å². The third-order valence-corrected chi connectivity index (χ3v) is 11.5. The van der Waals surface area contributed by atoms with Gasteiger partial charge in [0.05, 0.1) is 29.2 Å². The van der Waals surface area contributed by atoms with Gasteiger partial charge in [0, 0.05) is 21.1 Å². The number of halogens is 1. The molecule has 7 atom stereocenters. The van der Waals surface area contributed by atoms with E-state index in [1.807, 2.05) is 18.2 Å². The Hall–Kier alpha value is -3.08. The molecule has 3 aromatic rings. The number of nitrogens with zero attached hydrogens (tertiary/aromatic N) is 1. The Balaban J connectivity index is 1.25. The van der Waals surface area contributed by atoms with E-state index in [2.05, 4.69) is 4.98 Å². The van der Waals surface area contributed by atoms with Crippen molar-refractivity contribution in [1.82, 2.24) is 4.98 Å². The number of aromatic nitrogens is 1. The Morgan fingerprint density at radius 2 is 1.82 bits per heavy atom. The molecular weight excluding hydrogens is 572 g/mol. The quantitative estimate of drug-likeness (QED) is 0.324. The first-order valence-corrected chi connectivity index (χ1v) is 15.3. The summed E-state index contributed by atoms with van der Waals surface area (Å²) in [4.78, 5) is 57.1. The van der Waals surface area contributed by atoms with Crippen LogP contribution >= 0.6 is 34.7 Å². The molecule has 2 aliphatic carbocycles. The van der Waals surface area contributed by atoms with Gasteiger partial charge in [0.2, 0.25) is 11.8 Å². The molecule has 1 N–H and O–H groups in total. The smallest absolute Gasteiger partial charge is 0.344 e. The summed E-state index contributed by atoms with van der Waals surface area (Å²) in [5.74, 6) is -0.995. The molecule has 7 rings (SSSR count). The van der Waals surface area contributed by atoms with Crippen LogP contribution in [0.25, 0.3) is 0 Å². The third-order valence-electron chi connectivity index (χ3n) is 8.69. The number of ether oxygens (including phenoxy) is 2. The molecule has 2 aromatic carbocycles. The van der Waals surface area contributed by atoms with Crippen molar-refractivity contribution in [2.45, 2.75) is 29.5 Å². The van der Waals surface area contributed by atoms with Gasteiger partial charge in [-0.3, -0.25) is 19.3 Å². The van der Waals surface area contributed by atoms with Crippen LogP contribution in [-0.4, -0.2) is 41.2 Å². The molecule has 2 saturated carbocycles. The lowest BCUT2D eigenvalue weighted by molar-refractivity contribution is -0.145. The van der Waals surface area contributed by atoms with Crippen LogP contribution < -0.4 is 14.5 Å². The van der Waals surface area contributed by atoms with Crippen LogP contribution in [-0.2, 0) is 19.1 Å². The van der Waals surface area contributed by atoms with Gasteiger partial charge < -0.3 is 14.5 Å². The molecule has 2 bridgehead atoms. The summed E-state index contributed by atoms with van der Waals surface area (Å²) >= 11 is 8.91. The van der Waals surface area contributed by atoms with E-state index in [-0.39, 0.29) is 64.7 Å². The van der Waals surface area contributed by atoms with E-state index in [0.29, 0.717) is 16.5 Å². The minimum Gasteiger partial charge on any atom is -0.482 e. The number of aromatic amines is 1.